The van der Waals surface area contributed by atoms with Crippen LogP contribution >= 0.6 is 0 Å². The fourth-order valence-corrected chi connectivity index (χ4v) is 2.43. The van der Waals surface area contributed by atoms with Gasteiger partial charge < -0.3 is 20.1 Å². The minimum absolute atomic E-state index is 0.165. The first kappa shape index (κ1) is 18.0. The lowest BCUT2D eigenvalue weighted by atomic mass is 10.1. The Morgan fingerprint density at radius 1 is 1.21 bits per heavy atom. The monoisotopic (exact) mass is 331 g/mol. The number of halogens is 1. The molecule has 24 heavy (non-hydrogen) atoms. The van der Waals surface area contributed by atoms with Gasteiger partial charge >= 0.3 is 0 Å². The topological polar surface area (TPSA) is 44.6 Å². The van der Waals surface area contributed by atoms with Crippen LogP contribution < -0.4 is 10.6 Å². The molecule has 5 nitrogen and oxygen atoms in total. The molecular weight excluding hydrogens is 305 g/mol. The summed E-state index contributed by atoms with van der Waals surface area (Å²) in [6.45, 7) is 2.84. The van der Waals surface area contributed by atoms with Crippen molar-refractivity contribution >= 4 is 5.96 Å². The van der Waals surface area contributed by atoms with E-state index in [0.717, 1.165) is 24.6 Å². The first-order valence-electron chi connectivity index (χ1n) is 8.06. The Balaban J connectivity index is 1.84. The second-order valence-electron chi connectivity index (χ2n) is 5.94. The molecule has 2 N–H and O–H groups in total. The smallest absolute Gasteiger partial charge is 0.191 e. The van der Waals surface area contributed by atoms with E-state index in [-0.39, 0.29) is 5.82 Å². The summed E-state index contributed by atoms with van der Waals surface area (Å²) in [5.41, 5.74) is 1.73. The largest absolute Gasteiger partial charge is 0.355 e. The van der Waals surface area contributed by atoms with Gasteiger partial charge in [0.05, 0.1) is 0 Å². The van der Waals surface area contributed by atoms with Crippen molar-refractivity contribution in [1.82, 2.24) is 20.1 Å². The highest BCUT2D eigenvalue weighted by Gasteiger charge is 2.06. The quantitative estimate of drug-likeness (QED) is 0.603. The van der Waals surface area contributed by atoms with Crippen LogP contribution in [0.1, 0.15) is 11.1 Å². The number of benzene rings is 1. The molecule has 2 aromatic rings. The maximum Gasteiger partial charge on any atom is 0.191 e. The van der Waals surface area contributed by atoms with Crippen molar-refractivity contribution in [2.24, 2.45) is 4.99 Å². The zero-order valence-electron chi connectivity index (χ0n) is 14.6. The summed E-state index contributed by atoms with van der Waals surface area (Å²) >= 11 is 0. The number of guanidine groups is 1. The Bertz CT molecular complexity index is 649. The van der Waals surface area contributed by atoms with E-state index in [1.807, 2.05) is 49.6 Å². The second-order valence-corrected chi connectivity index (χ2v) is 5.94. The number of rotatable bonds is 7. The third kappa shape index (κ3) is 5.70. The summed E-state index contributed by atoms with van der Waals surface area (Å²) in [4.78, 5) is 6.17. The van der Waals surface area contributed by atoms with Crippen molar-refractivity contribution in [3.8, 4) is 0 Å². The van der Waals surface area contributed by atoms with Crippen molar-refractivity contribution in [2.45, 2.75) is 19.6 Å². The van der Waals surface area contributed by atoms with Gasteiger partial charge in [-0.3, -0.25) is 4.99 Å². The first-order chi connectivity index (χ1) is 11.6. The van der Waals surface area contributed by atoms with Crippen LogP contribution in [0.2, 0.25) is 0 Å². The lowest BCUT2D eigenvalue weighted by Gasteiger charge is -2.14. The van der Waals surface area contributed by atoms with Gasteiger partial charge in [0.25, 0.3) is 0 Å². The molecule has 1 aromatic carbocycles. The molecule has 0 fully saturated rings. The summed E-state index contributed by atoms with van der Waals surface area (Å²) in [5, 5.41) is 6.53. The van der Waals surface area contributed by atoms with Crippen molar-refractivity contribution in [3.63, 3.8) is 0 Å². The zero-order chi connectivity index (χ0) is 17.4. The molecule has 0 aliphatic heterocycles. The number of hydrogen-bond acceptors (Lipinski definition) is 2. The molecule has 0 radical (unpaired) electrons. The average molecular weight is 331 g/mol. The van der Waals surface area contributed by atoms with Crippen LogP contribution in [0.3, 0.4) is 0 Å². The summed E-state index contributed by atoms with van der Waals surface area (Å²) in [6.07, 6.45) is 4.06. The highest BCUT2D eigenvalue weighted by atomic mass is 19.1. The minimum Gasteiger partial charge on any atom is -0.355 e. The zero-order valence-corrected chi connectivity index (χ0v) is 14.6. The standard InChI is InChI=1S/C18H26FN5/c1-20-18(21-8-11-24-9-4-5-10-24)22-13-15-6-7-17(19)16(12-15)14-23(2)3/h4-7,9-10,12H,8,11,13-14H2,1-3H3,(H2,20,21,22). The summed E-state index contributed by atoms with van der Waals surface area (Å²) in [7, 11) is 5.61. The minimum atomic E-state index is -0.165. The Hall–Kier alpha value is -2.34. The molecule has 1 aromatic heterocycles. The fraction of sp³-hybridized carbons (Fsp3) is 0.389. The van der Waals surface area contributed by atoms with E-state index in [0.29, 0.717) is 18.7 Å². The van der Waals surface area contributed by atoms with Crippen molar-refractivity contribution in [1.29, 1.82) is 0 Å². The van der Waals surface area contributed by atoms with Crippen LogP contribution in [0.5, 0.6) is 0 Å². The Labute approximate surface area is 143 Å². The SMILES string of the molecule is CN=C(NCCn1cccc1)NCc1ccc(F)c(CN(C)C)c1. The van der Waals surface area contributed by atoms with Crippen LogP contribution in [-0.2, 0) is 19.6 Å². The molecular formula is C18H26FN5. The van der Waals surface area contributed by atoms with Crippen molar-refractivity contribution in [3.05, 3.63) is 59.7 Å². The van der Waals surface area contributed by atoms with Crippen molar-refractivity contribution in [2.75, 3.05) is 27.7 Å². The second kappa shape index (κ2) is 9.08. The summed E-state index contributed by atoms with van der Waals surface area (Å²) in [6, 6.07) is 9.24. The lowest BCUT2D eigenvalue weighted by molar-refractivity contribution is 0.392. The van der Waals surface area contributed by atoms with Crippen LogP contribution in [0.15, 0.2) is 47.7 Å². The number of nitrogens with one attached hydrogen (secondary N) is 2. The highest BCUT2D eigenvalue weighted by molar-refractivity contribution is 5.79. The third-order valence-electron chi connectivity index (χ3n) is 3.61. The molecule has 1 heterocycles. The lowest BCUT2D eigenvalue weighted by Crippen LogP contribution is -2.38. The Morgan fingerprint density at radius 3 is 2.62 bits per heavy atom. The number of nitrogens with zero attached hydrogens (tertiary/aromatic N) is 3. The van der Waals surface area contributed by atoms with E-state index >= 15 is 0 Å². The van der Waals surface area contributed by atoms with Crippen LogP contribution in [0.25, 0.3) is 0 Å². The fourth-order valence-electron chi connectivity index (χ4n) is 2.43. The molecule has 0 unspecified atom stereocenters. The first-order valence-corrected chi connectivity index (χ1v) is 8.06. The molecule has 0 bridgehead atoms. The molecule has 0 spiro atoms. The van der Waals surface area contributed by atoms with E-state index in [1.165, 1.54) is 6.07 Å². The molecule has 0 saturated heterocycles. The van der Waals surface area contributed by atoms with Gasteiger partial charge in [0.2, 0.25) is 0 Å². The van der Waals surface area contributed by atoms with Gasteiger partial charge in [0.1, 0.15) is 5.82 Å². The van der Waals surface area contributed by atoms with Gasteiger partial charge in [0, 0.05) is 51.2 Å². The van der Waals surface area contributed by atoms with E-state index < -0.39 is 0 Å². The van der Waals surface area contributed by atoms with E-state index in [1.54, 1.807) is 13.1 Å². The van der Waals surface area contributed by atoms with E-state index in [2.05, 4.69) is 20.2 Å². The van der Waals surface area contributed by atoms with Gasteiger partial charge in [-0.25, -0.2) is 4.39 Å². The molecule has 0 aliphatic carbocycles. The molecule has 6 heteroatoms. The van der Waals surface area contributed by atoms with Gasteiger partial charge in [0.15, 0.2) is 5.96 Å². The molecule has 2 rings (SSSR count). The van der Waals surface area contributed by atoms with Crippen LogP contribution in [0, 0.1) is 5.82 Å². The van der Waals surface area contributed by atoms with E-state index in [9.17, 15) is 4.39 Å². The van der Waals surface area contributed by atoms with Gasteiger partial charge in [-0.05, 0) is 43.9 Å². The van der Waals surface area contributed by atoms with E-state index in [4.69, 9.17) is 0 Å². The maximum atomic E-state index is 13.8. The number of aromatic nitrogens is 1. The Morgan fingerprint density at radius 2 is 1.96 bits per heavy atom. The number of hydrogen-bond donors (Lipinski definition) is 2. The molecule has 0 saturated carbocycles. The average Bonchev–Trinajstić information content (AvgIpc) is 3.06. The summed E-state index contributed by atoms with van der Waals surface area (Å²) in [5.74, 6) is 0.572. The van der Waals surface area contributed by atoms with Crippen molar-refractivity contribution < 1.29 is 4.39 Å². The number of aliphatic imine (C=N–C) groups is 1. The van der Waals surface area contributed by atoms with Crippen LogP contribution in [0.4, 0.5) is 4.39 Å². The Kier molecular flexibility index (Phi) is 6.81. The molecule has 0 amide bonds. The van der Waals surface area contributed by atoms with Gasteiger partial charge in [-0.2, -0.15) is 0 Å². The van der Waals surface area contributed by atoms with Gasteiger partial charge in [-0.1, -0.05) is 6.07 Å². The third-order valence-corrected chi connectivity index (χ3v) is 3.61. The normalized spacial score (nSPS) is 11.8. The molecule has 0 aliphatic rings. The summed E-state index contributed by atoms with van der Waals surface area (Å²) < 4.78 is 15.9. The van der Waals surface area contributed by atoms with Crippen LogP contribution in [-0.4, -0.2) is 43.1 Å². The maximum absolute atomic E-state index is 13.8. The predicted molar refractivity (Wildman–Crippen MR) is 96.4 cm³/mol. The molecule has 130 valence electrons. The predicted octanol–water partition coefficient (Wildman–Crippen LogP) is 2.05. The molecule has 0 atom stereocenters. The highest BCUT2D eigenvalue weighted by Crippen LogP contribution is 2.12. The van der Waals surface area contributed by atoms with Gasteiger partial charge in [-0.15, -0.1) is 0 Å².